The molecule has 0 saturated carbocycles. The quantitative estimate of drug-likeness (QED) is 0.917. The number of carbonyl (C=O) groups is 1. The molecule has 0 atom stereocenters. The molecule has 0 unspecified atom stereocenters. The Balaban J connectivity index is 2.42. The van der Waals surface area contributed by atoms with E-state index in [4.69, 9.17) is 5.11 Å². The molecule has 1 aromatic carbocycles. The fraction of sp³-hybridized carbons (Fsp3) is 0.333. The highest BCUT2D eigenvalue weighted by molar-refractivity contribution is 5.70. The van der Waals surface area contributed by atoms with Crippen LogP contribution in [0, 0.1) is 6.92 Å². The highest BCUT2D eigenvalue weighted by Crippen LogP contribution is 2.22. The van der Waals surface area contributed by atoms with Crippen LogP contribution >= 0.6 is 0 Å². The van der Waals surface area contributed by atoms with Gasteiger partial charge >= 0.3 is 5.97 Å². The summed E-state index contributed by atoms with van der Waals surface area (Å²) in [5, 5.41) is 8.92. The van der Waals surface area contributed by atoms with Crippen LogP contribution in [-0.2, 0) is 24.7 Å². The van der Waals surface area contributed by atoms with Crippen LogP contribution < -0.4 is 0 Å². The molecule has 0 spiro atoms. The van der Waals surface area contributed by atoms with Gasteiger partial charge < -0.3 is 9.67 Å². The van der Waals surface area contributed by atoms with E-state index in [1.807, 2.05) is 30.7 Å². The van der Waals surface area contributed by atoms with Crippen molar-refractivity contribution in [2.75, 3.05) is 0 Å². The second kappa shape index (κ2) is 5.26. The summed E-state index contributed by atoms with van der Waals surface area (Å²) >= 11 is 0. The maximum absolute atomic E-state index is 10.9. The van der Waals surface area contributed by atoms with Gasteiger partial charge in [0.05, 0.1) is 17.8 Å². The van der Waals surface area contributed by atoms with Gasteiger partial charge in [-0.3, -0.25) is 4.79 Å². The largest absolute Gasteiger partial charge is 0.481 e. The molecular weight excluding hydrogens is 240 g/mol. The fourth-order valence-corrected chi connectivity index (χ4v) is 2.21. The molecule has 0 radical (unpaired) electrons. The van der Waals surface area contributed by atoms with E-state index in [2.05, 4.69) is 24.0 Å². The number of rotatable bonds is 4. The number of carboxylic acid groups (broad SMARTS) is 1. The molecule has 1 heterocycles. The summed E-state index contributed by atoms with van der Waals surface area (Å²) in [6.45, 7) is 3.97. The van der Waals surface area contributed by atoms with Crippen LogP contribution in [-0.4, -0.2) is 20.6 Å². The monoisotopic (exact) mass is 258 g/mol. The number of benzene rings is 1. The van der Waals surface area contributed by atoms with E-state index in [0.717, 1.165) is 29.2 Å². The van der Waals surface area contributed by atoms with Gasteiger partial charge in [0.1, 0.15) is 5.82 Å². The summed E-state index contributed by atoms with van der Waals surface area (Å²) < 4.78 is 1.87. The van der Waals surface area contributed by atoms with Crippen LogP contribution in [0.15, 0.2) is 24.3 Å². The summed E-state index contributed by atoms with van der Waals surface area (Å²) in [5.74, 6) is -0.0182. The number of nitrogens with zero attached hydrogens (tertiary/aromatic N) is 2. The Kier molecular flexibility index (Phi) is 3.69. The van der Waals surface area contributed by atoms with Gasteiger partial charge in [0.15, 0.2) is 0 Å². The van der Waals surface area contributed by atoms with Gasteiger partial charge in [-0.2, -0.15) is 0 Å². The Hall–Kier alpha value is -2.10. The smallest absolute Gasteiger partial charge is 0.309 e. The first-order chi connectivity index (χ1) is 9.02. The molecule has 0 aliphatic rings. The van der Waals surface area contributed by atoms with Crippen LogP contribution in [0.5, 0.6) is 0 Å². The number of carboxylic acids is 1. The van der Waals surface area contributed by atoms with Crippen molar-refractivity contribution in [2.45, 2.75) is 26.7 Å². The maximum Gasteiger partial charge on any atom is 0.309 e. The van der Waals surface area contributed by atoms with Gasteiger partial charge in [0.25, 0.3) is 0 Å². The first kappa shape index (κ1) is 13.3. The standard InChI is InChI=1S/C15H18N2O2/c1-4-11-5-7-12(8-6-11)15-16-10(2)13(17(15)3)9-14(18)19/h5-8H,4,9H2,1-3H3,(H,18,19). The summed E-state index contributed by atoms with van der Waals surface area (Å²) in [7, 11) is 1.86. The number of imidazole rings is 1. The van der Waals surface area contributed by atoms with Gasteiger partial charge in [0, 0.05) is 12.6 Å². The Morgan fingerprint density at radius 1 is 1.32 bits per heavy atom. The van der Waals surface area contributed by atoms with Crippen molar-refractivity contribution >= 4 is 5.97 Å². The number of hydrogen-bond donors (Lipinski definition) is 1. The number of aliphatic carboxylic acids is 1. The Bertz CT molecular complexity index is 597. The lowest BCUT2D eigenvalue weighted by molar-refractivity contribution is -0.136. The molecule has 4 heteroatoms. The third kappa shape index (κ3) is 2.67. The maximum atomic E-state index is 10.9. The summed E-state index contributed by atoms with van der Waals surface area (Å²) in [6, 6.07) is 8.22. The van der Waals surface area contributed by atoms with E-state index in [0.29, 0.717) is 0 Å². The molecule has 0 saturated heterocycles. The second-order valence-corrected chi connectivity index (χ2v) is 4.65. The van der Waals surface area contributed by atoms with Crippen molar-refractivity contribution in [2.24, 2.45) is 7.05 Å². The average Bonchev–Trinajstić information content (AvgIpc) is 2.66. The van der Waals surface area contributed by atoms with Crippen molar-refractivity contribution in [3.63, 3.8) is 0 Å². The van der Waals surface area contributed by atoms with E-state index >= 15 is 0 Å². The van der Waals surface area contributed by atoms with Crippen LogP contribution in [0.25, 0.3) is 11.4 Å². The zero-order valence-corrected chi connectivity index (χ0v) is 11.5. The van der Waals surface area contributed by atoms with Crippen molar-refractivity contribution < 1.29 is 9.90 Å². The normalized spacial score (nSPS) is 10.7. The Labute approximate surface area is 112 Å². The summed E-state index contributed by atoms with van der Waals surface area (Å²) in [5.41, 5.74) is 3.82. The summed E-state index contributed by atoms with van der Waals surface area (Å²) in [6.07, 6.45) is 1.01. The molecule has 19 heavy (non-hydrogen) atoms. The van der Waals surface area contributed by atoms with Crippen LogP contribution in [0.3, 0.4) is 0 Å². The van der Waals surface area contributed by atoms with Gasteiger partial charge in [0.2, 0.25) is 0 Å². The van der Waals surface area contributed by atoms with E-state index in [1.165, 1.54) is 5.56 Å². The van der Waals surface area contributed by atoms with Gasteiger partial charge in [-0.25, -0.2) is 4.98 Å². The first-order valence-corrected chi connectivity index (χ1v) is 6.36. The Morgan fingerprint density at radius 2 is 1.95 bits per heavy atom. The highest BCUT2D eigenvalue weighted by Gasteiger charge is 2.15. The predicted molar refractivity (Wildman–Crippen MR) is 74.1 cm³/mol. The van der Waals surface area contributed by atoms with Crippen molar-refractivity contribution in [3.05, 3.63) is 41.2 Å². The van der Waals surface area contributed by atoms with Gasteiger partial charge in [-0.1, -0.05) is 31.2 Å². The molecular formula is C15H18N2O2. The molecule has 1 N–H and O–H groups in total. The Morgan fingerprint density at radius 3 is 2.47 bits per heavy atom. The van der Waals surface area contributed by atoms with E-state index in [9.17, 15) is 4.79 Å². The topological polar surface area (TPSA) is 55.1 Å². The highest BCUT2D eigenvalue weighted by atomic mass is 16.4. The zero-order chi connectivity index (χ0) is 14.0. The van der Waals surface area contributed by atoms with E-state index in [-0.39, 0.29) is 6.42 Å². The van der Waals surface area contributed by atoms with Crippen LogP contribution in [0.2, 0.25) is 0 Å². The molecule has 2 aromatic rings. The molecule has 0 bridgehead atoms. The predicted octanol–water partition coefficient (Wildman–Crippen LogP) is 2.59. The molecule has 0 amide bonds. The van der Waals surface area contributed by atoms with Crippen LogP contribution in [0.1, 0.15) is 23.9 Å². The fourth-order valence-electron chi connectivity index (χ4n) is 2.21. The average molecular weight is 258 g/mol. The van der Waals surface area contributed by atoms with Gasteiger partial charge in [-0.05, 0) is 18.9 Å². The van der Waals surface area contributed by atoms with Gasteiger partial charge in [-0.15, -0.1) is 0 Å². The lowest BCUT2D eigenvalue weighted by Gasteiger charge is -2.05. The third-order valence-electron chi connectivity index (χ3n) is 3.35. The molecule has 4 nitrogen and oxygen atoms in total. The number of aryl methyl sites for hydroxylation is 2. The molecule has 0 fully saturated rings. The van der Waals surface area contributed by atoms with Crippen molar-refractivity contribution in [1.29, 1.82) is 0 Å². The van der Waals surface area contributed by atoms with E-state index in [1.54, 1.807) is 0 Å². The minimum atomic E-state index is -0.834. The lowest BCUT2D eigenvalue weighted by Crippen LogP contribution is -2.07. The molecule has 100 valence electrons. The summed E-state index contributed by atoms with van der Waals surface area (Å²) in [4.78, 5) is 15.3. The molecule has 2 rings (SSSR count). The second-order valence-electron chi connectivity index (χ2n) is 4.65. The van der Waals surface area contributed by atoms with Crippen molar-refractivity contribution in [1.82, 2.24) is 9.55 Å². The minimum absolute atomic E-state index is 0.00236. The minimum Gasteiger partial charge on any atom is -0.481 e. The van der Waals surface area contributed by atoms with Crippen LogP contribution in [0.4, 0.5) is 0 Å². The zero-order valence-electron chi connectivity index (χ0n) is 11.5. The molecule has 0 aliphatic carbocycles. The number of aromatic nitrogens is 2. The van der Waals surface area contributed by atoms with Crippen molar-refractivity contribution in [3.8, 4) is 11.4 Å². The third-order valence-corrected chi connectivity index (χ3v) is 3.35. The number of hydrogen-bond acceptors (Lipinski definition) is 2. The molecule has 1 aromatic heterocycles. The first-order valence-electron chi connectivity index (χ1n) is 6.36. The lowest BCUT2D eigenvalue weighted by atomic mass is 10.1. The molecule has 0 aliphatic heterocycles. The SMILES string of the molecule is CCc1ccc(-c2nc(C)c(CC(=O)O)n2C)cc1. The van der Waals surface area contributed by atoms with E-state index < -0.39 is 5.97 Å².